The van der Waals surface area contributed by atoms with Crippen molar-refractivity contribution in [2.24, 2.45) is 5.73 Å². The fourth-order valence-electron chi connectivity index (χ4n) is 1.58. The largest absolute Gasteiger partial charge is 0.441 e. The fraction of sp³-hybridized carbons (Fsp3) is 0.500. The van der Waals surface area contributed by atoms with Crippen LogP contribution in [0.25, 0.3) is 0 Å². The highest BCUT2D eigenvalue weighted by molar-refractivity contribution is 8.00. The third-order valence-corrected chi connectivity index (χ3v) is 3.08. The van der Waals surface area contributed by atoms with Crippen LogP contribution in [-0.4, -0.2) is 35.8 Å². The number of halogens is 3. The van der Waals surface area contributed by atoms with Crippen molar-refractivity contribution in [3.05, 3.63) is 35.9 Å². The van der Waals surface area contributed by atoms with Crippen LogP contribution in [0, 0.1) is 0 Å². The summed E-state index contributed by atoms with van der Waals surface area (Å²) in [6.07, 6.45) is 0. The first-order valence-corrected chi connectivity index (χ1v) is 6.67. The minimum atomic E-state index is -4.15. The van der Waals surface area contributed by atoms with Crippen molar-refractivity contribution in [3.8, 4) is 0 Å². The van der Waals surface area contributed by atoms with Gasteiger partial charge >= 0.3 is 5.51 Å². The molecule has 6 heteroatoms. The summed E-state index contributed by atoms with van der Waals surface area (Å²) < 4.78 is 36.1. The van der Waals surface area contributed by atoms with E-state index in [4.69, 9.17) is 5.73 Å². The van der Waals surface area contributed by atoms with Gasteiger partial charge in [0.2, 0.25) is 0 Å². The first-order valence-electron chi connectivity index (χ1n) is 5.68. The average Bonchev–Trinajstić information content (AvgIpc) is 2.29. The second-order valence-corrected chi connectivity index (χ2v) is 5.00. The SMILES string of the molecule is NCCN(CCSC(F)(F)F)Cc1ccccc1. The van der Waals surface area contributed by atoms with Gasteiger partial charge in [0.15, 0.2) is 0 Å². The van der Waals surface area contributed by atoms with E-state index in [0.29, 0.717) is 26.2 Å². The molecular weight excluding hydrogens is 261 g/mol. The molecule has 0 heterocycles. The Labute approximate surface area is 109 Å². The lowest BCUT2D eigenvalue weighted by molar-refractivity contribution is -0.0328. The van der Waals surface area contributed by atoms with Crippen LogP contribution in [0.1, 0.15) is 5.56 Å². The Morgan fingerprint density at radius 1 is 1.11 bits per heavy atom. The molecular formula is C12H17F3N2S. The molecule has 0 bridgehead atoms. The highest BCUT2D eigenvalue weighted by atomic mass is 32.2. The van der Waals surface area contributed by atoms with Crippen LogP contribution in [0.4, 0.5) is 13.2 Å². The van der Waals surface area contributed by atoms with Gasteiger partial charge in [0.25, 0.3) is 0 Å². The number of rotatable bonds is 7. The summed E-state index contributed by atoms with van der Waals surface area (Å²) in [5.74, 6) is 0.0380. The molecule has 1 rings (SSSR count). The molecule has 0 fully saturated rings. The lowest BCUT2D eigenvalue weighted by Gasteiger charge is -2.21. The smallest absolute Gasteiger partial charge is 0.329 e. The molecule has 1 aromatic carbocycles. The lowest BCUT2D eigenvalue weighted by atomic mass is 10.2. The summed E-state index contributed by atoms with van der Waals surface area (Å²) in [6, 6.07) is 9.66. The summed E-state index contributed by atoms with van der Waals surface area (Å²) in [5.41, 5.74) is 2.40. The first-order chi connectivity index (χ1) is 8.51. The Morgan fingerprint density at radius 2 is 1.78 bits per heavy atom. The molecule has 0 aliphatic carbocycles. The summed E-state index contributed by atoms with van der Waals surface area (Å²) in [4.78, 5) is 1.94. The highest BCUT2D eigenvalue weighted by Gasteiger charge is 2.27. The fourth-order valence-corrected chi connectivity index (χ4v) is 2.17. The Kier molecular flexibility index (Phi) is 6.52. The van der Waals surface area contributed by atoms with E-state index in [9.17, 15) is 13.2 Å². The monoisotopic (exact) mass is 278 g/mol. The molecule has 2 N–H and O–H groups in total. The normalized spacial score (nSPS) is 12.1. The molecule has 0 aliphatic rings. The minimum absolute atomic E-state index is 0.0158. The molecule has 102 valence electrons. The number of benzene rings is 1. The van der Waals surface area contributed by atoms with Crippen molar-refractivity contribution in [2.75, 3.05) is 25.4 Å². The summed E-state index contributed by atoms with van der Waals surface area (Å²) in [6.45, 7) is 2.07. The number of nitrogens with two attached hydrogens (primary N) is 1. The molecule has 0 atom stereocenters. The molecule has 1 aromatic rings. The van der Waals surface area contributed by atoms with E-state index in [1.54, 1.807) is 0 Å². The first kappa shape index (κ1) is 15.3. The average molecular weight is 278 g/mol. The number of hydrogen-bond donors (Lipinski definition) is 1. The number of nitrogens with zero attached hydrogens (tertiary/aromatic N) is 1. The maximum absolute atomic E-state index is 12.0. The van der Waals surface area contributed by atoms with Crippen molar-refractivity contribution in [3.63, 3.8) is 0 Å². The van der Waals surface area contributed by atoms with Gasteiger partial charge in [0.05, 0.1) is 0 Å². The molecule has 0 unspecified atom stereocenters. The quantitative estimate of drug-likeness (QED) is 0.831. The lowest BCUT2D eigenvalue weighted by Crippen LogP contribution is -2.31. The van der Waals surface area contributed by atoms with Gasteiger partial charge in [-0.15, -0.1) is 0 Å². The zero-order valence-corrected chi connectivity index (χ0v) is 10.8. The predicted octanol–water partition coefficient (Wildman–Crippen LogP) is 2.70. The van der Waals surface area contributed by atoms with Crippen LogP contribution in [0.5, 0.6) is 0 Å². The summed E-state index contributed by atoms with van der Waals surface area (Å²) in [7, 11) is 0. The van der Waals surface area contributed by atoms with Gasteiger partial charge in [-0.2, -0.15) is 13.2 Å². The van der Waals surface area contributed by atoms with Crippen LogP contribution in [-0.2, 0) is 6.54 Å². The summed E-state index contributed by atoms with van der Waals surface area (Å²) >= 11 is 0.0158. The molecule has 0 amide bonds. The maximum atomic E-state index is 12.0. The number of thioether (sulfide) groups is 1. The van der Waals surface area contributed by atoms with Crippen LogP contribution >= 0.6 is 11.8 Å². The van der Waals surface area contributed by atoms with Gasteiger partial charge in [-0.25, -0.2) is 0 Å². The predicted molar refractivity (Wildman–Crippen MR) is 69.3 cm³/mol. The molecule has 2 nitrogen and oxygen atoms in total. The molecule has 0 spiro atoms. The van der Waals surface area contributed by atoms with E-state index in [0.717, 1.165) is 5.56 Å². The standard InChI is InChI=1S/C12H17F3N2S/c13-12(14,15)18-9-8-17(7-6-16)10-11-4-2-1-3-5-11/h1-5H,6-10,16H2. The zero-order valence-electron chi connectivity index (χ0n) is 9.99. The van der Waals surface area contributed by atoms with E-state index < -0.39 is 5.51 Å². The molecule has 0 radical (unpaired) electrons. The van der Waals surface area contributed by atoms with Crippen LogP contribution in [0.15, 0.2) is 30.3 Å². The van der Waals surface area contributed by atoms with Gasteiger partial charge in [-0.3, -0.25) is 4.90 Å². The Morgan fingerprint density at radius 3 is 2.33 bits per heavy atom. The van der Waals surface area contributed by atoms with E-state index in [2.05, 4.69) is 0 Å². The molecule has 0 aliphatic heterocycles. The van der Waals surface area contributed by atoms with Gasteiger partial charge in [0, 0.05) is 31.9 Å². The van der Waals surface area contributed by atoms with Crippen LogP contribution in [0.2, 0.25) is 0 Å². The highest BCUT2D eigenvalue weighted by Crippen LogP contribution is 2.29. The van der Waals surface area contributed by atoms with Gasteiger partial charge in [-0.05, 0) is 17.3 Å². The van der Waals surface area contributed by atoms with Crippen molar-refractivity contribution in [2.45, 2.75) is 12.1 Å². The van der Waals surface area contributed by atoms with Gasteiger partial charge in [0.1, 0.15) is 0 Å². The van der Waals surface area contributed by atoms with Crippen molar-refractivity contribution in [1.29, 1.82) is 0 Å². The van der Waals surface area contributed by atoms with E-state index in [-0.39, 0.29) is 17.5 Å². The molecule has 0 saturated carbocycles. The molecule has 0 aromatic heterocycles. The third kappa shape index (κ3) is 6.88. The van der Waals surface area contributed by atoms with Gasteiger partial charge < -0.3 is 5.73 Å². The summed E-state index contributed by atoms with van der Waals surface area (Å²) in [5, 5.41) is 0. The van der Waals surface area contributed by atoms with E-state index in [1.165, 1.54) is 0 Å². The van der Waals surface area contributed by atoms with Crippen molar-refractivity contribution < 1.29 is 13.2 Å². The molecule has 18 heavy (non-hydrogen) atoms. The van der Waals surface area contributed by atoms with Crippen molar-refractivity contribution in [1.82, 2.24) is 4.90 Å². The van der Waals surface area contributed by atoms with Crippen molar-refractivity contribution >= 4 is 11.8 Å². The van der Waals surface area contributed by atoms with E-state index in [1.807, 2.05) is 35.2 Å². The van der Waals surface area contributed by atoms with Gasteiger partial charge in [-0.1, -0.05) is 30.3 Å². The van der Waals surface area contributed by atoms with E-state index >= 15 is 0 Å². The minimum Gasteiger partial charge on any atom is -0.329 e. The number of alkyl halides is 3. The second-order valence-electron chi connectivity index (χ2n) is 3.84. The van der Waals surface area contributed by atoms with Crippen LogP contribution in [0.3, 0.4) is 0 Å². The zero-order chi connectivity index (χ0) is 13.4. The maximum Gasteiger partial charge on any atom is 0.441 e. The Hall–Kier alpha value is -0.720. The number of hydrogen-bond acceptors (Lipinski definition) is 3. The third-order valence-electron chi connectivity index (χ3n) is 2.37. The second kappa shape index (κ2) is 7.66. The Balaban J connectivity index is 2.40. The Bertz CT molecular complexity index is 330. The van der Waals surface area contributed by atoms with Crippen LogP contribution < -0.4 is 5.73 Å². The molecule has 0 saturated heterocycles. The topological polar surface area (TPSA) is 29.3 Å².